The second-order valence-electron chi connectivity index (χ2n) is 7.13. The molecule has 0 atom stereocenters. The van der Waals surface area contributed by atoms with Gasteiger partial charge in [-0.1, -0.05) is 42.5 Å². The van der Waals surface area contributed by atoms with Crippen LogP contribution in [-0.2, 0) is 11.3 Å². The van der Waals surface area contributed by atoms with Crippen LogP contribution in [0.1, 0.15) is 15.9 Å². The molecule has 0 aliphatic heterocycles. The average molecular weight is 476 g/mol. The van der Waals surface area contributed by atoms with Gasteiger partial charge >= 0.3 is 6.36 Å². The van der Waals surface area contributed by atoms with Gasteiger partial charge in [0.25, 0.3) is 11.8 Å². The minimum Gasteiger partial charge on any atom is -0.483 e. The van der Waals surface area contributed by atoms with Crippen LogP contribution in [0.2, 0.25) is 0 Å². The van der Waals surface area contributed by atoms with E-state index in [1.54, 1.807) is 18.2 Å². The first-order valence-electron chi connectivity index (χ1n) is 9.99. The van der Waals surface area contributed by atoms with E-state index in [9.17, 15) is 27.2 Å². The Hall–Kier alpha value is -4.08. The highest BCUT2D eigenvalue weighted by Crippen LogP contribution is 2.28. The monoisotopic (exact) mass is 476 g/mol. The summed E-state index contributed by atoms with van der Waals surface area (Å²) in [6, 6.07) is 17.2. The van der Waals surface area contributed by atoms with Gasteiger partial charge in [-0.05, 0) is 30.3 Å². The molecule has 0 aliphatic rings. The lowest BCUT2D eigenvalue weighted by Gasteiger charge is -2.21. The van der Waals surface area contributed by atoms with Gasteiger partial charge in [-0.15, -0.1) is 13.2 Å². The Morgan fingerprint density at radius 1 is 0.912 bits per heavy atom. The summed E-state index contributed by atoms with van der Waals surface area (Å²) in [5.41, 5.74) is 0.233. The molecule has 0 radical (unpaired) electrons. The Morgan fingerprint density at radius 2 is 1.53 bits per heavy atom. The van der Waals surface area contributed by atoms with Gasteiger partial charge in [-0.2, -0.15) is 0 Å². The van der Waals surface area contributed by atoms with Crippen LogP contribution in [0.15, 0.2) is 72.8 Å². The number of carbonyl (C=O) groups excluding carboxylic acids is 2. The number of anilines is 1. The number of alkyl halides is 3. The first-order valence-corrected chi connectivity index (χ1v) is 9.99. The molecular weight excluding hydrogens is 456 g/mol. The van der Waals surface area contributed by atoms with Gasteiger partial charge in [0.2, 0.25) is 0 Å². The molecule has 0 aromatic heterocycles. The highest BCUT2D eigenvalue weighted by atomic mass is 19.4. The predicted octanol–water partition coefficient (Wildman–Crippen LogP) is 5.01. The van der Waals surface area contributed by atoms with Crippen molar-refractivity contribution in [3.8, 4) is 11.5 Å². The lowest BCUT2D eigenvalue weighted by atomic mass is 10.1. The predicted molar refractivity (Wildman–Crippen MR) is 116 cm³/mol. The van der Waals surface area contributed by atoms with Gasteiger partial charge in [0, 0.05) is 19.2 Å². The van der Waals surface area contributed by atoms with Crippen LogP contribution in [0.25, 0.3) is 0 Å². The van der Waals surface area contributed by atoms with Gasteiger partial charge in [-0.3, -0.25) is 9.59 Å². The molecule has 34 heavy (non-hydrogen) atoms. The van der Waals surface area contributed by atoms with E-state index < -0.39 is 36.4 Å². The number of carbonyl (C=O) groups is 2. The highest BCUT2D eigenvalue weighted by molar-refractivity contribution is 5.97. The van der Waals surface area contributed by atoms with Crippen molar-refractivity contribution in [1.82, 2.24) is 4.90 Å². The maximum Gasteiger partial charge on any atom is 0.573 e. The molecule has 2 amide bonds. The third-order valence-corrected chi connectivity index (χ3v) is 4.58. The van der Waals surface area contributed by atoms with E-state index in [0.29, 0.717) is 0 Å². The van der Waals surface area contributed by atoms with E-state index in [2.05, 4.69) is 10.1 Å². The normalized spacial score (nSPS) is 11.0. The molecule has 0 heterocycles. The number of ether oxygens (including phenoxy) is 2. The lowest BCUT2D eigenvalue weighted by molar-refractivity contribution is -0.275. The summed E-state index contributed by atoms with van der Waals surface area (Å²) in [5, 5.41) is 2.37. The number of nitrogens with zero attached hydrogens (tertiary/aromatic N) is 1. The molecule has 3 rings (SSSR count). The number of rotatable bonds is 8. The average Bonchev–Trinajstić information content (AvgIpc) is 2.79. The highest BCUT2D eigenvalue weighted by Gasteiger charge is 2.32. The molecule has 0 saturated heterocycles. The van der Waals surface area contributed by atoms with E-state index in [4.69, 9.17) is 4.74 Å². The zero-order valence-electron chi connectivity index (χ0n) is 17.9. The summed E-state index contributed by atoms with van der Waals surface area (Å²) >= 11 is 0. The Balaban J connectivity index is 1.68. The zero-order chi connectivity index (χ0) is 24.7. The maximum absolute atomic E-state index is 13.7. The van der Waals surface area contributed by atoms with Gasteiger partial charge in [-0.25, -0.2) is 4.39 Å². The summed E-state index contributed by atoms with van der Waals surface area (Å²) in [6.45, 7) is -0.669. The minimum atomic E-state index is -4.87. The van der Waals surface area contributed by atoms with E-state index in [1.165, 1.54) is 60.5 Å². The van der Waals surface area contributed by atoms with E-state index in [0.717, 1.165) is 6.07 Å². The first kappa shape index (κ1) is 24.6. The second kappa shape index (κ2) is 10.7. The summed E-state index contributed by atoms with van der Waals surface area (Å²) in [6.07, 6.45) is -4.87. The van der Waals surface area contributed by atoms with Gasteiger partial charge in [0.05, 0.1) is 11.3 Å². The number of para-hydroxylation sites is 3. The smallest absolute Gasteiger partial charge is 0.483 e. The third-order valence-electron chi connectivity index (χ3n) is 4.58. The van der Waals surface area contributed by atoms with Crippen LogP contribution in [0.5, 0.6) is 11.5 Å². The molecule has 0 bridgehead atoms. The quantitative estimate of drug-likeness (QED) is 0.464. The molecule has 10 heteroatoms. The Kier molecular flexibility index (Phi) is 7.72. The van der Waals surface area contributed by atoms with Crippen molar-refractivity contribution in [3.63, 3.8) is 0 Å². The van der Waals surface area contributed by atoms with Crippen molar-refractivity contribution in [1.29, 1.82) is 0 Å². The number of hydrogen-bond donors (Lipinski definition) is 1. The van der Waals surface area contributed by atoms with Crippen molar-refractivity contribution in [2.75, 3.05) is 19.0 Å². The fourth-order valence-corrected chi connectivity index (χ4v) is 3.05. The van der Waals surface area contributed by atoms with Crippen LogP contribution in [0, 0.1) is 5.82 Å². The van der Waals surface area contributed by atoms with Crippen LogP contribution >= 0.6 is 0 Å². The largest absolute Gasteiger partial charge is 0.573 e. The second-order valence-corrected chi connectivity index (χ2v) is 7.13. The van der Waals surface area contributed by atoms with Gasteiger partial charge in [0.15, 0.2) is 6.61 Å². The van der Waals surface area contributed by atoms with Crippen molar-refractivity contribution < 1.29 is 36.6 Å². The van der Waals surface area contributed by atoms with E-state index in [-0.39, 0.29) is 29.1 Å². The fourth-order valence-electron chi connectivity index (χ4n) is 3.05. The van der Waals surface area contributed by atoms with Crippen molar-refractivity contribution in [2.24, 2.45) is 0 Å². The Morgan fingerprint density at radius 3 is 2.24 bits per heavy atom. The summed E-state index contributed by atoms with van der Waals surface area (Å²) < 4.78 is 61.2. The number of hydrogen-bond acceptors (Lipinski definition) is 4. The molecular formula is C24H20F4N2O4. The molecule has 1 N–H and O–H groups in total. The van der Waals surface area contributed by atoms with Gasteiger partial charge in [0.1, 0.15) is 17.3 Å². The molecule has 178 valence electrons. The van der Waals surface area contributed by atoms with E-state index >= 15 is 0 Å². The topological polar surface area (TPSA) is 67.9 Å². The third kappa shape index (κ3) is 6.71. The molecule has 0 unspecified atom stereocenters. The fraction of sp³-hybridized carbons (Fsp3) is 0.167. The standard InChI is InChI=1S/C24H20F4N2O4/c1-30(14-16-8-2-6-12-20(16)34-24(26,27)28)23(32)17-9-3-7-13-21(17)33-15-22(31)29-19-11-5-4-10-18(19)25/h2-13H,14-15H2,1H3,(H,29,31). The van der Waals surface area contributed by atoms with Crippen LogP contribution < -0.4 is 14.8 Å². The van der Waals surface area contributed by atoms with Crippen molar-refractivity contribution in [3.05, 3.63) is 89.7 Å². The SMILES string of the molecule is CN(Cc1ccccc1OC(F)(F)F)C(=O)c1ccccc1OCC(=O)Nc1ccccc1F. The minimum absolute atomic E-state index is 0.0139. The van der Waals surface area contributed by atoms with Crippen LogP contribution in [0.3, 0.4) is 0 Å². The summed E-state index contributed by atoms with van der Waals surface area (Å²) in [7, 11) is 1.41. The van der Waals surface area contributed by atoms with Gasteiger partial charge < -0.3 is 19.7 Å². The Bertz CT molecular complexity index is 1170. The molecule has 3 aromatic carbocycles. The Labute approximate surface area is 192 Å². The molecule has 0 aliphatic carbocycles. The number of nitrogens with one attached hydrogen (secondary N) is 1. The molecule has 0 spiro atoms. The van der Waals surface area contributed by atoms with Crippen molar-refractivity contribution in [2.45, 2.75) is 12.9 Å². The van der Waals surface area contributed by atoms with Crippen LogP contribution in [-0.4, -0.2) is 36.7 Å². The summed E-state index contributed by atoms with van der Waals surface area (Å²) in [5.74, 6) is -2.12. The van der Waals surface area contributed by atoms with Crippen molar-refractivity contribution >= 4 is 17.5 Å². The van der Waals surface area contributed by atoms with Crippen LogP contribution in [0.4, 0.5) is 23.2 Å². The number of halogens is 4. The van der Waals surface area contributed by atoms with E-state index in [1.807, 2.05) is 0 Å². The molecule has 3 aromatic rings. The summed E-state index contributed by atoms with van der Waals surface area (Å²) in [4.78, 5) is 26.3. The lowest BCUT2D eigenvalue weighted by Crippen LogP contribution is -2.28. The molecule has 0 saturated carbocycles. The molecule has 6 nitrogen and oxygen atoms in total. The number of benzene rings is 3. The first-order chi connectivity index (χ1) is 16.1. The zero-order valence-corrected chi connectivity index (χ0v) is 17.9. The molecule has 0 fully saturated rings. The number of amides is 2. The maximum atomic E-state index is 13.7.